The Hall–Kier alpha value is -0.130. The SMILES string of the molecule is Clc1cc(Cl)c(N2N=[N+](c3c(Cl)cc(Cl)cc3Cl)CC2Cl)c(Cl)c1. The van der Waals surface area contributed by atoms with Crippen molar-refractivity contribution in [2.45, 2.75) is 5.50 Å². The second-order valence-electron chi connectivity index (χ2n) is 4.89. The van der Waals surface area contributed by atoms with E-state index in [0.29, 0.717) is 48.1 Å². The van der Waals surface area contributed by atoms with Gasteiger partial charge in [0.1, 0.15) is 0 Å². The number of alkyl halides is 1. The maximum Gasteiger partial charge on any atom is 0.236 e. The highest BCUT2D eigenvalue weighted by Gasteiger charge is 2.39. The molecule has 0 aromatic heterocycles. The third-order valence-corrected chi connectivity index (χ3v) is 5.16. The minimum Gasteiger partial charge on any atom is -0.125 e. The highest BCUT2D eigenvalue weighted by atomic mass is 35.5. The van der Waals surface area contributed by atoms with Crippen LogP contribution in [-0.4, -0.2) is 16.7 Å². The molecule has 3 nitrogen and oxygen atoms in total. The first-order valence-electron chi connectivity index (χ1n) is 6.49. The lowest BCUT2D eigenvalue weighted by Gasteiger charge is -2.11. The van der Waals surface area contributed by atoms with E-state index in [1.807, 2.05) is 0 Å². The maximum absolute atomic E-state index is 6.41. The van der Waals surface area contributed by atoms with E-state index in [0.717, 1.165) is 0 Å². The Labute approximate surface area is 173 Å². The zero-order valence-corrected chi connectivity index (χ0v) is 16.9. The third-order valence-electron chi connectivity index (χ3n) is 3.24. The summed E-state index contributed by atoms with van der Waals surface area (Å²) in [5.74, 6) is 0. The van der Waals surface area contributed by atoms with Gasteiger partial charge in [-0.05, 0) is 24.3 Å². The van der Waals surface area contributed by atoms with Gasteiger partial charge in [-0.25, -0.2) is 0 Å². The minimum absolute atomic E-state index is 0.317. The predicted molar refractivity (Wildman–Crippen MR) is 102 cm³/mol. The van der Waals surface area contributed by atoms with Crippen molar-refractivity contribution in [3.05, 3.63) is 54.4 Å². The molecule has 0 aliphatic carbocycles. The summed E-state index contributed by atoms with van der Waals surface area (Å²) in [5.41, 5.74) is 0.410. The Kier molecular flexibility index (Phi) is 5.63. The summed E-state index contributed by atoms with van der Waals surface area (Å²) in [5, 5.41) is 8.13. The summed E-state index contributed by atoms with van der Waals surface area (Å²) in [7, 11) is 0. The monoisotopic (exact) mass is 462 g/mol. The lowest BCUT2D eigenvalue weighted by molar-refractivity contribution is -0.497. The van der Waals surface area contributed by atoms with Gasteiger partial charge in [-0.3, -0.25) is 0 Å². The fourth-order valence-corrected chi connectivity index (χ4v) is 4.55. The van der Waals surface area contributed by atoms with E-state index < -0.39 is 5.50 Å². The van der Waals surface area contributed by atoms with E-state index in [-0.39, 0.29) is 0 Å². The van der Waals surface area contributed by atoms with Crippen LogP contribution in [0.1, 0.15) is 0 Å². The summed E-state index contributed by atoms with van der Waals surface area (Å²) in [4.78, 5) is 0. The normalized spacial score (nSPS) is 17.4. The Balaban J connectivity index is 2.08. The highest BCUT2D eigenvalue weighted by Crippen LogP contribution is 2.42. The largest absolute Gasteiger partial charge is 0.236 e. The Morgan fingerprint density at radius 2 is 1.29 bits per heavy atom. The average molecular weight is 465 g/mol. The van der Waals surface area contributed by atoms with Gasteiger partial charge >= 0.3 is 0 Å². The molecule has 126 valence electrons. The summed E-state index contributed by atoms with van der Waals surface area (Å²) < 4.78 is 1.57. The molecule has 1 heterocycles. The second-order valence-corrected chi connectivity index (χ2v) is 7.89. The third kappa shape index (κ3) is 3.54. The molecule has 0 N–H and O–H groups in total. The molecule has 0 amide bonds. The lowest BCUT2D eigenvalue weighted by Crippen LogP contribution is -2.24. The van der Waals surface area contributed by atoms with Crippen LogP contribution in [0.2, 0.25) is 30.1 Å². The van der Waals surface area contributed by atoms with Gasteiger partial charge in [-0.2, -0.15) is 0 Å². The molecule has 0 bridgehead atoms. The molecule has 1 atom stereocenters. The highest BCUT2D eigenvalue weighted by molar-refractivity contribution is 6.42. The van der Waals surface area contributed by atoms with Crippen molar-refractivity contribution in [3.8, 4) is 0 Å². The van der Waals surface area contributed by atoms with Gasteiger partial charge in [-0.1, -0.05) is 81.2 Å². The van der Waals surface area contributed by atoms with Crippen LogP contribution >= 0.6 is 81.2 Å². The number of rotatable bonds is 2. The molecule has 0 spiro atoms. The van der Waals surface area contributed by atoms with Gasteiger partial charge in [0, 0.05) is 10.0 Å². The number of anilines is 1. The summed E-state index contributed by atoms with van der Waals surface area (Å²) in [6.45, 7) is 0.317. The van der Waals surface area contributed by atoms with Crippen LogP contribution in [0.25, 0.3) is 0 Å². The minimum atomic E-state index is -0.538. The first-order chi connectivity index (χ1) is 11.3. The van der Waals surface area contributed by atoms with E-state index in [1.165, 1.54) is 5.01 Å². The van der Waals surface area contributed by atoms with Crippen molar-refractivity contribution < 1.29 is 4.70 Å². The van der Waals surface area contributed by atoms with Crippen LogP contribution in [0.5, 0.6) is 0 Å². The lowest BCUT2D eigenvalue weighted by atomic mass is 10.3. The molecule has 3 rings (SSSR count). The molecule has 0 saturated heterocycles. The molecule has 1 aliphatic heterocycles. The molecule has 1 aliphatic rings. The van der Waals surface area contributed by atoms with Crippen molar-refractivity contribution in [1.29, 1.82) is 0 Å². The maximum atomic E-state index is 6.41. The van der Waals surface area contributed by atoms with Crippen LogP contribution in [0.4, 0.5) is 11.4 Å². The fraction of sp³-hybridized carbons (Fsp3) is 0.143. The van der Waals surface area contributed by atoms with Crippen molar-refractivity contribution in [2.75, 3.05) is 11.6 Å². The predicted octanol–water partition coefficient (Wildman–Crippen LogP) is 7.70. The smallest absolute Gasteiger partial charge is 0.125 e. The Morgan fingerprint density at radius 1 is 0.833 bits per heavy atom. The fourth-order valence-electron chi connectivity index (χ4n) is 2.28. The average Bonchev–Trinajstić information content (AvgIpc) is 2.78. The summed E-state index contributed by atoms with van der Waals surface area (Å²) >= 11 is 43.2. The molecule has 10 heteroatoms. The van der Waals surface area contributed by atoms with Crippen molar-refractivity contribution in [3.63, 3.8) is 0 Å². The van der Waals surface area contributed by atoms with Crippen LogP contribution in [0.15, 0.2) is 29.5 Å². The topological polar surface area (TPSA) is 18.6 Å². The van der Waals surface area contributed by atoms with Crippen molar-refractivity contribution >= 4 is 92.6 Å². The molecular weight excluding hydrogens is 458 g/mol. The van der Waals surface area contributed by atoms with Gasteiger partial charge in [0.05, 0.1) is 25.3 Å². The molecule has 2 aromatic rings. The van der Waals surface area contributed by atoms with Crippen LogP contribution in [0.3, 0.4) is 0 Å². The van der Waals surface area contributed by atoms with Gasteiger partial charge in [0.25, 0.3) is 0 Å². The zero-order chi connectivity index (χ0) is 17.6. The van der Waals surface area contributed by atoms with Gasteiger partial charge in [0.2, 0.25) is 5.50 Å². The Bertz CT molecular complexity index is 806. The number of benzene rings is 2. The molecular formula is C14H7Cl7N3+. The van der Waals surface area contributed by atoms with E-state index in [2.05, 4.69) is 5.22 Å². The van der Waals surface area contributed by atoms with E-state index >= 15 is 0 Å². The van der Waals surface area contributed by atoms with Crippen LogP contribution in [-0.2, 0) is 0 Å². The molecule has 0 radical (unpaired) electrons. The quantitative estimate of drug-likeness (QED) is 0.253. The number of hydrogen-bond donors (Lipinski definition) is 0. The number of nitrogens with zero attached hydrogens (tertiary/aromatic N) is 3. The van der Waals surface area contributed by atoms with Crippen LogP contribution in [0, 0.1) is 0 Å². The number of halogens is 7. The molecule has 2 aromatic carbocycles. The van der Waals surface area contributed by atoms with Crippen molar-refractivity contribution in [1.82, 2.24) is 0 Å². The molecule has 0 saturated carbocycles. The van der Waals surface area contributed by atoms with Crippen LogP contribution < -0.4 is 5.01 Å². The van der Waals surface area contributed by atoms with E-state index in [9.17, 15) is 0 Å². The second kappa shape index (κ2) is 7.24. The Morgan fingerprint density at radius 3 is 1.79 bits per heavy atom. The van der Waals surface area contributed by atoms with Crippen molar-refractivity contribution in [2.24, 2.45) is 5.22 Å². The summed E-state index contributed by atoms with van der Waals surface area (Å²) in [6, 6.07) is 6.28. The van der Waals surface area contributed by atoms with Gasteiger partial charge in [0.15, 0.2) is 17.9 Å². The molecule has 0 fully saturated rings. The number of hydrogen-bond acceptors (Lipinski definition) is 2. The zero-order valence-electron chi connectivity index (χ0n) is 11.6. The first kappa shape index (κ1) is 18.7. The summed E-state index contributed by atoms with van der Waals surface area (Å²) in [6.07, 6.45) is 0. The van der Waals surface area contributed by atoms with Gasteiger partial charge in [-0.15, -0.1) is 9.71 Å². The van der Waals surface area contributed by atoms with E-state index in [4.69, 9.17) is 81.2 Å². The first-order valence-corrected chi connectivity index (χ1v) is 9.20. The van der Waals surface area contributed by atoms with Gasteiger partial charge < -0.3 is 0 Å². The molecule has 1 unspecified atom stereocenters. The standard InChI is InChI=1S/C14H7Cl7N3/c15-6-1-8(17)13(9(18)2-6)23-5-12(21)24(22-23)14-10(19)3-7(16)4-11(14)20/h1-4,12H,5H2/q+1. The van der Waals surface area contributed by atoms with E-state index in [1.54, 1.807) is 29.0 Å². The molecule has 24 heavy (non-hydrogen) atoms.